The number of ketones is 1. The number of ether oxygens (including phenoxy) is 1. The van der Waals surface area contributed by atoms with Crippen molar-refractivity contribution in [2.24, 2.45) is 0 Å². The van der Waals surface area contributed by atoms with Gasteiger partial charge in [0.1, 0.15) is 12.3 Å². The summed E-state index contributed by atoms with van der Waals surface area (Å²) in [5.41, 5.74) is 1.45. The maximum absolute atomic E-state index is 12.2. The van der Waals surface area contributed by atoms with Crippen LogP contribution in [0.5, 0.6) is 5.75 Å². The van der Waals surface area contributed by atoms with Gasteiger partial charge < -0.3 is 4.74 Å². The molecule has 0 aliphatic heterocycles. The number of tetrazole rings is 1. The molecule has 0 radical (unpaired) electrons. The number of methoxy groups -OCH3 is 1. The van der Waals surface area contributed by atoms with Gasteiger partial charge in [-0.2, -0.15) is 4.80 Å². The highest BCUT2D eigenvalue weighted by atomic mass is 16.5. The monoisotopic (exact) mass is 294 g/mol. The molecule has 0 fully saturated rings. The fourth-order valence-corrected chi connectivity index (χ4v) is 2.01. The number of hydrogen-bond donors (Lipinski definition) is 0. The van der Waals surface area contributed by atoms with Gasteiger partial charge in [-0.25, -0.2) is 0 Å². The highest BCUT2D eigenvalue weighted by Crippen LogP contribution is 2.13. The van der Waals surface area contributed by atoms with Crippen molar-refractivity contribution in [2.45, 2.75) is 6.54 Å². The number of Topliss-reactive ketones (excluding diaryl/α,β-unsaturated/α-hetero) is 1. The third kappa shape index (κ3) is 3.01. The number of rotatable bonds is 5. The Kier molecular flexibility index (Phi) is 3.91. The van der Waals surface area contributed by atoms with Crippen LogP contribution in [0.3, 0.4) is 0 Å². The lowest BCUT2D eigenvalue weighted by atomic mass is 10.1. The molecule has 1 aromatic heterocycles. The van der Waals surface area contributed by atoms with E-state index in [0.29, 0.717) is 17.1 Å². The van der Waals surface area contributed by atoms with E-state index in [9.17, 15) is 4.79 Å². The molecule has 6 nitrogen and oxygen atoms in total. The Morgan fingerprint density at radius 1 is 1.09 bits per heavy atom. The van der Waals surface area contributed by atoms with Crippen LogP contribution in [0.4, 0.5) is 0 Å². The van der Waals surface area contributed by atoms with Gasteiger partial charge in [-0.3, -0.25) is 4.79 Å². The number of benzene rings is 2. The van der Waals surface area contributed by atoms with Gasteiger partial charge in [-0.05, 0) is 29.5 Å². The van der Waals surface area contributed by atoms with Crippen LogP contribution in [0.1, 0.15) is 10.4 Å². The quantitative estimate of drug-likeness (QED) is 0.675. The Morgan fingerprint density at radius 3 is 2.50 bits per heavy atom. The van der Waals surface area contributed by atoms with E-state index in [1.165, 1.54) is 4.80 Å². The Bertz CT molecular complexity index is 766. The summed E-state index contributed by atoms with van der Waals surface area (Å²) in [6, 6.07) is 16.4. The molecule has 3 rings (SSSR count). The summed E-state index contributed by atoms with van der Waals surface area (Å²) < 4.78 is 5.07. The fraction of sp³-hybridized carbons (Fsp3) is 0.125. The zero-order valence-corrected chi connectivity index (χ0v) is 12.0. The molecule has 0 unspecified atom stereocenters. The first-order valence-corrected chi connectivity index (χ1v) is 6.77. The largest absolute Gasteiger partial charge is 0.497 e. The molecule has 0 aliphatic rings. The van der Waals surface area contributed by atoms with Crippen LogP contribution in [0.25, 0.3) is 11.4 Å². The Hall–Kier alpha value is -3.02. The van der Waals surface area contributed by atoms with Crippen molar-refractivity contribution in [2.75, 3.05) is 7.11 Å². The minimum atomic E-state index is -0.0836. The van der Waals surface area contributed by atoms with Gasteiger partial charge in [0.05, 0.1) is 7.11 Å². The van der Waals surface area contributed by atoms with E-state index in [2.05, 4.69) is 15.4 Å². The lowest BCUT2D eigenvalue weighted by molar-refractivity contribution is 0.0961. The number of nitrogens with zero attached hydrogens (tertiary/aromatic N) is 4. The summed E-state index contributed by atoms with van der Waals surface area (Å²) in [6.45, 7) is 0.0478. The van der Waals surface area contributed by atoms with Crippen molar-refractivity contribution in [1.82, 2.24) is 20.2 Å². The van der Waals surface area contributed by atoms with Crippen LogP contribution < -0.4 is 4.74 Å². The zero-order chi connectivity index (χ0) is 15.4. The highest BCUT2D eigenvalue weighted by Gasteiger charge is 2.11. The topological polar surface area (TPSA) is 69.9 Å². The zero-order valence-electron chi connectivity index (χ0n) is 12.0. The number of hydrogen-bond acceptors (Lipinski definition) is 5. The van der Waals surface area contributed by atoms with Crippen molar-refractivity contribution in [3.8, 4) is 17.1 Å². The van der Waals surface area contributed by atoms with Gasteiger partial charge in [-0.1, -0.05) is 30.3 Å². The van der Waals surface area contributed by atoms with Crippen LogP contribution in [-0.4, -0.2) is 33.1 Å². The molecule has 2 aromatic carbocycles. The van der Waals surface area contributed by atoms with Gasteiger partial charge in [0, 0.05) is 11.1 Å². The second kappa shape index (κ2) is 6.17. The molecule has 0 saturated carbocycles. The van der Waals surface area contributed by atoms with Crippen LogP contribution in [0, 0.1) is 0 Å². The molecule has 3 aromatic rings. The summed E-state index contributed by atoms with van der Waals surface area (Å²) in [5, 5.41) is 12.1. The van der Waals surface area contributed by atoms with Crippen molar-refractivity contribution in [3.63, 3.8) is 0 Å². The second-order valence-corrected chi connectivity index (χ2v) is 4.66. The van der Waals surface area contributed by atoms with Gasteiger partial charge in [0.25, 0.3) is 0 Å². The fourth-order valence-electron chi connectivity index (χ4n) is 2.01. The van der Waals surface area contributed by atoms with E-state index in [-0.39, 0.29) is 12.3 Å². The smallest absolute Gasteiger partial charge is 0.204 e. The average molecular weight is 294 g/mol. The SMILES string of the molecule is COc1ccc(C(=O)Cn2nnc(-c3ccccc3)n2)cc1. The maximum atomic E-state index is 12.2. The summed E-state index contributed by atoms with van der Waals surface area (Å²) in [6.07, 6.45) is 0. The van der Waals surface area contributed by atoms with E-state index < -0.39 is 0 Å². The van der Waals surface area contributed by atoms with E-state index in [4.69, 9.17) is 4.74 Å². The molecule has 0 saturated heterocycles. The van der Waals surface area contributed by atoms with E-state index in [1.807, 2.05) is 30.3 Å². The summed E-state index contributed by atoms with van der Waals surface area (Å²) in [5.74, 6) is 1.13. The predicted molar refractivity (Wildman–Crippen MR) is 80.6 cm³/mol. The molecular weight excluding hydrogens is 280 g/mol. The summed E-state index contributed by atoms with van der Waals surface area (Å²) in [7, 11) is 1.58. The van der Waals surface area contributed by atoms with E-state index in [1.54, 1.807) is 31.4 Å². The lowest BCUT2D eigenvalue weighted by Gasteiger charge is -2.02. The predicted octanol–water partition coefficient (Wildman–Crippen LogP) is 2.23. The molecule has 0 spiro atoms. The minimum Gasteiger partial charge on any atom is -0.497 e. The van der Waals surface area contributed by atoms with Crippen molar-refractivity contribution >= 4 is 5.78 Å². The maximum Gasteiger partial charge on any atom is 0.204 e. The first kappa shape index (κ1) is 13.9. The molecular formula is C16H14N4O2. The Morgan fingerprint density at radius 2 is 1.82 bits per heavy atom. The molecule has 0 bridgehead atoms. The Balaban J connectivity index is 1.73. The average Bonchev–Trinajstić information content (AvgIpc) is 3.04. The van der Waals surface area contributed by atoms with Crippen LogP contribution >= 0.6 is 0 Å². The molecule has 22 heavy (non-hydrogen) atoms. The summed E-state index contributed by atoms with van der Waals surface area (Å²) in [4.78, 5) is 13.5. The van der Waals surface area contributed by atoms with Crippen molar-refractivity contribution < 1.29 is 9.53 Å². The first-order chi connectivity index (χ1) is 10.8. The molecule has 0 aliphatic carbocycles. The van der Waals surface area contributed by atoms with E-state index in [0.717, 1.165) is 5.56 Å². The molecule has 110 valence electrons. The molecule has 0 amide bonds. The molecule has 1 heterocycles. The number of carbonyl (C=O) groups is 1. The first-order valence-electron chi connectivity index (χ1n) is 6.77. The summed E-state index contributed by atoms with van der Waals surface area (Å²) >= 11 is 0. The van der Waals surface area contributed by atoms with Gasteiger partial charge in [0.15, 0.2) is 5.78 Å². The lowest BCUT2D eigenvalue weighted by Crippen LogP contribution is -2.13. The van der Waals surface area contributed by atoms with Gasteiger partial charge >= 0.3 is 0 Å². The van der Waals surface area contributed by atoms with Gasteiger partial charge in [0.2, 0.25) is 5.82 Å². The standard InChI is InChI=1S/C16H14N4O2/c1-22-14-9-7-12(8-10-14)15(21)11-20-18-16(17-19-20)13-5-3-2-4-6-13/h2-10H,11H2,1H3. The minimum absolute atomic E-state index is 0.0478. The van der Waals surface area contributed by atoms with Gasteiger partial charge in [-0.15, -0.1) is 10.2 Å². The van der Waals surface area contributed by atoms with Crippen LogP contribution in [-0.2, 0) is 6.54 Å². The van der Waals surface area contributed by atoms with Crippen molar-refractivity contribution in [1.29, 1.82) is 0 Å². The van der Waals surface area contributed by atoms with Crippen molar-refractivity contribution in [3.05, 3.63) is 60.2 Å². The number of carbonyl (C=O) groups excluding carboxylic acids is 1. The second-order valence-electron chi connectivity index (χ2n) is 4.66. The third-order valence-corrected chi connectivity index (χ3v) is 3.18. The van der Waals surface area contributed by atoms with E-state index >= 15 is 0 Å². The Labute approximate surface area is 127 Å². The van der Waals surface area contributed by atoms with Crippen LogP contribution in [0.15, 0.2) is 54.6 Å². The molecule has 0 N–H and O–H groups in total. The number of aromatic nitrogens is 4. The highest BCUT2D eigenvalue weighted by molar-refractivity contribution is 5.95. The molecule has 6 heteroatoms. The normalized spacial score (nSPS) is 10.4. The molecule has 0 atom stereocenters. The van der Waals surface area contributed by atoms with Crippen LogP contribution in [0.2, 0.25) is 0 Å². The third-order valence-electron chi connectivity index (χ3n) is 3.18.